The van der Waals surface area contributed by atoms with Crippen LogP contribution in [0.25, 0.3) is 0 Å². The van der Waals surface area contributed by atoms with Crippen LogP contribution in [0.4, 0.5) is 0 Å². The average Bonchev–Trinajstić information content (AvgIpc) is 1.93. The number of hydrogen-bond acceptors (Lipinski definition) is 1. The lowest BCUT2D eigenvalue weighted by molar-refractivity contribution is 0.427. The van der Waals surface area contributed by atoms with E-state index in [1.165, 1.54) is 44.9 Å². The van der Waals surface area contributed by atoms with Crippen LogP contribution >= 0.6 is 0 Å². The fourth-order valence-corrected chi connectivity index (χ4v) is 1.82. The first-order chi connectivity index (χ1) is 5.79. The number of nitrogens with two attached hydrogens (primary N) is 1. The van der Waals surface area contributed by atoms with Crippen LogP contribution in [-0.4, -0.2) is 12.0 Å². The fraction of sp³-hybridized carbons (Fsp3) is 0.889. The number of guanidine groups is 1. The first kappa shape index (κ1) is 9.36. The van der Waals surface area contributed by atoms with Crippen molar-refractivity contribution in [3.8, 4) is 0 Å². The van der Waals surface area contributed by atoms with Crippen molar-refractivity contribution in [1.29, 1.82) is 5.41 Å². The molecule has 0 spiro atoms. The normalized spacial score (nSPS) is 21.0. The quantitative estimate of drug-likeness (QED) is 0.412. The first-order valence-corrected chi connectivity index (χ1v) is 4.89. The minimum Gasteiger partial charge on any atom is -0.370 e. The lowest BCUT2D eigenvalue weighted by Gasteiger charge is -2.20. The van der Waals surface area contributed by atoms with Crippen molar-refractivity contribution in [2.45, 2.75) is 51.0 Å². The standard InChI is InChI=1S/C9H19N3/c10-9(11)12-8-6-4-2-1-3-5-7-8/h8H,1-7H2,(H4,10,11,12). The number of rotatable bonds is 1. The molecule has 12 heavy (non-hydrogen) atoms. The molecular weight excluding hydrogens is 150 g/mol. The van der Waals surface area contributed by atoms with Crippen molar-refractivity contribution in [3.63, 3.8) is 0 Å². The Morgan fingerprint density at radius 2 is 1.58 bits per heavy atom. The van der Waals surface area contributed by atoms with Gasteiger partial charge in [0.1, 0.15) is 0 Å². The summed E-state index contributed by atoms with van der Waals surface area (Å²) in [6.45, 7) is 0. The van der Waals surface area contributed by atoms with E-state index >= 15 is 0 Å². The van der Waals surface area contributed by atoms with Gasteiger partial charge in [0.15, 0.2) is 5.96 Å². The summed E-state index contributed by atoms with van der Waals surface area (Å²) < 4.78 is 0. The SMILES string of the molecule is N=C(N)NC1CCCCCCC1. The average molecular weight is 169 g/mol. The summed E-state index contributed by atoms with van der Waals surface area (Å²) in [6.07, 6.45) is 8.99. The number of nitrogens with one attached hydrogen (secondary N) is 2. The third kappa shape index (κ3) is 3.60. The summed E-state index contributed by atoms with van der Waals surface area (Å²) in [5.74, 6) is 0.126. The van der Waals surface area contributed by atoms with Crippen molar-refractivity contribution >= 4 is 5.96 Å². The van der Waals surface area contributed by atoms with E-state index in [0.717, 1.165) is 0 Å². The third-order valence-electron chi connectivity index (χ3n) is 2.46. The Morgan fingerprint density at radius 1 is 1.08 bits per heavy atom. The Hall–Kier alpha value is -0.730. The van der Waals surface area contributed by atoms with E-state index in [1.54, 1.807) is 0 Å². The van der Waals surface area contributed by atoms with Gasteiger partial charge in [-0.3, -0.25) is 5.41 Å². The van der Waals surface area contributed by atoms with Crippen molar-refractivity contribution in [1.82, 2.24) is 5.32 Å². The van der Waals surface area contributed by atoms with E-state index in [2.05, 4.69) is 5.32 Å². The van der Waals surface area contributed by atoms with Crippen molar-refractivity contribution in [2.75, 3.05) is 0 Å². The second-order valence-electron chi connectivity index (χ2n) is 3.60. The smallest absolute Gasteiger partial charge is 0.185 e. The Morgan fingerprint density at radius 3 is 2.08 bits per heavy atom. The maximum Gasteiger partial charge on any atom is 0.185 e. The van der Waals surface area contributed by atoms with Crippen LogP contribution in [0.5, 0.6) is 0 Å². The molecule has 1 aliphatic carbocycles. The second kappa shape index (κ2) is 5.01. The van der Waals surface area contributed by atoms with Gasteiger partial charge in [-0.1, -0.05) is 32.1 Å². The molecular formula is C9H19N3. The van der Waals surface area contributed by atoms with Crippen LogP contribution in [0.2, 0.25) is 0 Å². The highest BCUT2D eigenvalue weighted by Crippen LogP contribution is 2.16. The minimum atomic E-state index is 0.126. The predicted octanol–water partition coefficient (Wildman–Crippen LogP) is 1.58. The van der Waals surface area contributed by atoms with Crippen molar-refractivity contribution in [2.24, 2.45) is 5.73 Å². The zero-order chi connectivity index (χ0) is 8.81. The largest absolute Gasteiger partial charge is 0.370 e. The molecule has 1 rings (SSSR count). The molecule has 0 aromatic rings. The lowest BCUT2D eigenvalue weighted by Crippen LogP contribution is -2.39. The Kier molecular flexibility index (Phi) is 3.91. The van der Waals surface area contributed by atoms with Gasteiger partial charge in [0.25, 0.3) is 0 Å². The maximum absolute atomic E-state index is 7.12. The maximum atomic E-state index is 7.12. The summed E-state index contributed by atoms with van der Waals surface area (Å²) in [4.78, 5) is 0. The summed E-state index contributed by atoms with van der Waals surface area (Å²) in [5, 5.41) is 10.1. The van der Waals surface area contributed by atoms with E-state index in [-0.39, 0.29) is 5.96 Å². The zero-order valence-electron chi connectivity index (χ0n) is 7.60. The van der Waals surface area contributed by atoms with Crippen LogP contribution < -0.4 is 11.1 Å². The Bertz CT molecular complexity index is 137. The van der Waals surface area contributed by atoms with Gasteiger partial charge in [0.05, 0.1) is 0 Å². The molecule has 1 fully saturated rings. The van der Waals surface area contributed by atoms with E-state index in [1.807, 2.05) is 0 Å². The van der Waals surface area contributed by atoms with Crippen LogP contribution in [-0.2, 0) is 0 Å². The highest BCUT2D eigenvalue weighted by Gasteiger charge is 2.10. The van der Waals surface area contributed by atoms with Crippen LogP contribution in [0.15, 0.2) is 0 Å². The van der Waals surface area contributed by atoms with Gasteiger partial charge in [-0.05, 0) is 12.8 Å². The van der Waals surface area contributed by atoms with Crippen molar-refractivity contribution < 1.29 is 0 Å². The highest BCUT2D eigenvalue weighted by atomic mass is 15.1. The third-order valence-corrected chi connectivity index (χ3v) is 2.46. The summed E-state index contributed by atoms with van der Waals surface area (Å²) >= 11 is 0. The van der Waals surface area contributed by atoms with Crippen LogP contribution in [0.3, 0.4) is 0 Å². The molecule has 70 valence electrons. The second-order valence-corrected chi connectivity index (χ2v) is 3.60. The summed E-state index contributed by atoms with van der Waals surface area (Å²) in [5.41, 5.74) is 5.29. The molecule has 0 atom stereocenters. The minimum absolute atomic E-state index is 0.126. The van der Waals surface area contributed by atoms with E-state index in [9.17, 15) is 0 Å². The summed E-state index contributed by atoms with van der Waals surface area (Å²) in [6, 6.07) is 0.461. The Labute approximate surface area is 74.2 Å². The highest BCUT2D eigenvalue weighted by molar-refractivity contribution is 5.74. The van der Waals surface area contributed by atoms with Crippen LogP contribution in [0, 0.1) is 5.41 Å². The molecule has 3 heteroatoms. The molecule has 0 aliphatic heterocycles. The monoisotopic (exact) mass is 169 g/mol. The van der Waals surface area contributed by atoms with Gasteiger partial charge >= 0.3 is 0 Å². The molecule has 4 N–H and O–H groups in total. The van der Waals surface area contributed by atoms with Gasteiger partial charge in [-0.2, -0.15) is 0 Å². The van der Waals surface area contributed by atoms with E-state index < -0.39 is 0 Å². The molecule has 0 amide bonds. The molecule has 1 saturated carbocycles. The topological polar surface area (TPSA) is 61.9 Å². The van der Waals surface area contributed by atoms with Crippen molar-refractivity contribution in [3.05, 3.63) is 0 Å². The fourth-order valence-electron chi connectivity index (χ4n) is 1.82. The molecule has 0 aromatic heterocycles. The molecule has 0 radical (unpaired) electrons. The summed E-state index contributed by atoms with van der Waals surface area (Å²) in [7, 11) is 0. The van der Waals surface area contributed by atoms with E-state index in [4.69, 9.17) is 11.1 Å². The predicted molar refractivity (Wildman–Crippen MR) is 51.2 cm³/mol. The molecule has 0 unspecified atom stereocenters. The zero-order valence-corrected chi connectivity index (χ0v) is 7.60. The van der Waals surface area contributed by atoms with Gasteiger partial charge in [-0.25, -0.2) is 0 Å². The Balaban J connectivity index is 2.24. The lowest BCUT2D eigenvalue weighted by atomic mass is 9.97. The number of hydrogen-bond donors (Lipinski definition) is 3. The van der Waals surface area contributed by atoms with Gasteiger partial charge in [0, 0.05) is 6.04 Å². The molecule has 0 heterocycles. The molecule has 0 aromatic carbocycles. The molecule has 0 saturated heterocycles. The van der Waals surface area contributed by atoms with Gasteiger partial charge in [0.2, 0.25) is 0 Å². The van der Waals surface area contributed by atoms with Crippen LogP contribution in [0.1, 0.15) is 44.9 Å². The molecule has 3 nitrogen and oxygen atoms in total. The first-order valence-electron chi connectivity index (χ1n) is 4.89. The molecule has 0 bridgehead atoms. The van der Waals surface area contributed by atoms with E-state index in [0.29, 0.717) is 6.04 Å². The van der Waals surface area contributed by atoms with Gasteiger partial charge < -0.3 is 11.1 Å². The van der Waals surface area contributed by atoms with Gasteiger partial charge in [-0.15, -0.1) is 0 Å². The molecule has 1 aliphatic rings.